The summed E-state index contributed by atoms with van der Waals surface area (Å²) in [6.45, 7) is 8.90. The molecule has 0 aliphatic carbocycles. The number of halogens is 3. The fourth-order valence-electron chi connectivity index (χ4n) is 0.433. The molecule has 0 atom stereocenters. The van der Waals surface area contributed by atoms with Crippen LogP contribution in [0.25, 0.3) is 0 Å². The van der Waals surface area contributed by atoms with E-state index in [0.717, 1.165) is 0 Å². The number of thioether (sulfide) groups is 1. The fourth-order valence-corrected chi connectivity index (χ4v) is 1.30. The van der Waals surface area contributed by atoms with Crippen molar-refractivity contribution in [3.8, 4) is 0 Å². The Kier molecular flexibility index (Phi) is 14.6. The zero-order chi connectivity index (χ0) is 9.49. The van der Waals surface area contributed by atoms with Gasteiger partial charge in [0.2, 0.25) is 0 Å². The van der Waals surface area contributed by atoms with E-state index in [2.05, 4.69) is 87.6 Å². The average Bonchev–Trinajstić information content (AvgIpc) is 1.58. The second-order valence-corrected chi connectivity index (χ2v) is 40.2. The Labute approximate surface area is 112 Å². The van der Waals surface area contributed by atoms with Crippen LogP contribution in [0.3, 0.4) is 0 Å². The Balaban J connectivity index is 0. The molecule has 0 saturated carbocycles. The van der Waals surface area contributed by atoms with Crippen LogP contribution in [0.15, 0.2) is 0 Å². The molecule has 5 heteroatoms. The summed E-state index contributed by atoms with van der Waals surface area (Å²) in [5.74, 6) is 1.23. The molecule has 0 amide bonds. The van der Waals surface area contributed by atoms with Gasteiger partial charge in [-0.3, -0.25) is 0 Å². The molecule has 0 aliphatic rings. The maximum absolute atomic E-state index is 2.46. The van der Waals surface area contributed by atoms with Crippen LogP contribution in [0.2, 0.25) is 0 Å². The van der Waals surface area contributed by atoms with E-state index in [1.165, 1.54) is 5.75 Å². The first kappa shape index (κ1) is 16.6. The molecule has 11 heavy (non-hydrogen) atoms. The van der Waals surface area contributed by atoms with Crippen LogP contribution in [0.5, 0.6) is 0 Å². The van der Waals surface area contributed by atoms with Crippen LogP contribution in [0.4, 0.5) is 0 Å². The van der Waals surface area contributed by atoms with Crippen LogP contribution in [0.1, 0.15) is 27.7 Å². The fraction of sp³-hybridized carbons (Fsp3) is 1.00. The Morgan fingerprint density at radius 3 is 1.45 bits per heavy atom. The van der Waals surface area contributed by atoms with Crippen molar-refractivity contribution in [2.75, 3.05) is 5.75 Å². The van der Waals surface area contributed by atoms with E-state index < -0.39 is 0 Å². The minimum absolute atomic E-state index is 0.278. The van der Waals surface area contributed by atoms with Gasteiger partial charge < -0.3 is 0 Å². The van der Waals surface area contributed by atoms with E-state index in [-0.39, 0.29) is 4.92 Å². The van der Waals surface area contributed by atoms with Gasteiger partial charge in [-0.2, -0.15) is 11.8 Å². The van der Waals surface area contributed by atoms with Crippen LogP contribution in [-0.2, 0) is 4.92 Å². The van der Waals surface area contributed by atoms with Crippen molar-refractivity contribution in [2.24, 2.45) is 0 Å². The Hall–Kier alpha value is 3.12. The first-order valence-corrected chi connectivity index (χ1v) is 17.7. The Morgan fingerprint density at radius 2 is 1.45 bits per heavy atom. The van der Waals surface area contributed by atoms with Gasteiger partial charge in [-0.1, -0.05) is 27.7 Å². The summed E-state index contributed by atoms with van der Waals surface area (Å²) >= 11 is 9.38. The number of rotatable bonds is 1. The molecule has 0 aromatic carbocycles. The molecular weight excluding hydrogens is 536 g/mol. The van der Waals surface area contributed by atoms with Crippen molar-refractivity contribution in [2.45, 2.75) is 32.4 Å². The zero-order valence-corrected chi connectivity index (χ0v) is 15.9. The third-order valence-electron chi connectivity index (χ3n) is 0.577. The maximum atomic E-state index is 2.46. The van der Waals surface area contributed by atoms with Crippen LogP contribution in [-0.4, -0.2) is 10.5 Å². The first-order valence-electron chi connectivity index (χ1n) is 3.21. The van der Waals surface area contributed by atoms with Gasteiger partial charge in [0.15, 0.2) is 0 Å². The van der Waals surface area contributed by atoms with E-state index in [9.17, 15) is 0 Å². The zero-order valence-electron chi connectivity index (χ0n) is 7.20. The molecule has 0 rings (SSSR count). The van der Waals surface area contributed by atoms with Crippen LogP contribution in [0, 0.1) is 0 Å². The summed E-state index contributed by atoms with van der Waals surface area (Å²) < 4.78 is 0.467. The molecule has 0 radical (unpaired) electrons. The van der Waals surface area contributed by atoms with Crippen molar-refractivity contribution < 1.29 is 4.92 Å². The van der Waals surface area contributed by atoms with Gasteiger partial charge in [0, 0.05) is 4.75 Å². The second kappa shape index (κ2) is 9.67. The van der Waals surface area contributed by atoms with Gasteiger partial charge in [-0.05, 0) is 5.75 Å². The van der Waals surface area contributed by atoms with E-state index >= 15 is 0 Å². The molecule has 0 heterocycles. The van der Waals surface area contributed by atoms with Crippen molar-refractivity contribution in [1.29, 1.82) is 0 Å². The van der Waals surface area contributed by atoms with Crippen molar-refractivity contribution in [3.05, 3.63) is 0 Å². The average molecular weight is 550 g/mol. The van der Waals surface area contributed by atoms with Gasteiger partial charge in [0.05, 0.1) is 0 Å². The summed E-state index contributed by atoms with van der Waals surface area (Å²) in [5, 5.41) is 0. The van der Waals surface area contributed by atoms with Crippen molar-refractivity contribution in [3.63, 3.8) is 0 Å². The monoisotopic (exact) mass is 550 g/mol. The summed E-state index contributed by atoms with van der Waals surface area (Å²) in [6.07, 6.45) is 0. The predicted octanol–water partition coefficient (Wildman–Crippen LogP) is 5.19. The van der Waals surface area contributed by atoms with E-state index in [0.29, 0.717) is 4.75 Å². The minimum atomic E-state index is -0.278. The third-order valence-corrected chi connectivity index (χ3v) is 1.73. The predicted molar refractivity (Wildman–Crippen MR) is 79.9 cm³/mol. The quantitative estimate of drug-likeness (QED) is 0.406. The molecule has 0 saturated heterocycles. The number of hydrogen-bond acceptors (Lipinski definition) is 1. The van der Waals surface area contributed by atoms with Gasteiger partial charge in [-0.15, -0.1) is 0 Å². The van der Waals surface area contributed by atoms with E-state index in [1.807, 2.05) is 11.8 Å². The van der Waals surface area contributed by atoms with E-state index in [1.54, 1.807) is 0 Å². The number of hydrogen-bond donors (Lipinski definition) is 0. The molecule has 0 spiro atoms. The molecule has 0 aromatic heterocycles. The first-order chi connectivity index (χ1) is 4.79. The molecule has 0 unspecified atom stereocenters. The summed E-state index contributed by atoms with van der Waals surface area (Å²) in [5.41, 5.74) is 0. The van der Waals surface area contributed by atoms with Gasteiger partial charge in [0.1, 0.15) is 0 Å². The summed E-state index contributed by atoms with van der Waals surface area (Å²) in [4.78, 5) is -0.278. The van der Waals surface area contributed by atoms with E-state index in [4.69, 9.17) is 0 Å². The molecule has 0 aliphatic heterocycles. The summed E-state index contributed by atoms with van der Waals surface area (Å²) in [6, 6.07) is 0. The summed E-state index contributed by atoms with van der Waals surface area (Å²) in [7, 11) is 0. The SMILES string of the molecule is CCSC(C)(C)C.[I][V]([I])[I]. The van der Waals surface area contributed by atoms with Crippen molar-refractivity contribution >= 4 is 71.7 Å². The Morgan fingerprint density at radius 1 is 1.18 bits per heavy atom. The van der Waals surface area contributed by atoms with Gasteiger partial charge in [0.25, 0.3) is 0 Å². The molecule has 0 bridgehead atoms. The Bertz CT molecular complexity index is 79.6. The second-order valence-electron chi connectivity index (χ2n) is 2.74. The van der Waals surface area contributed by atoms with Gasteiger partial charge in [-0.25, -0.2) is 0 Å². The molecule has 0 nitrogen and oxygen atoms in total. The van der Waals surface area contributed by atoms with Crippen LogP contribution >= 0.6 is 71.7 Å². The van der Waals surface area contributed by atoms with Gasteiger partial charge >= 0.3 is 64.9 Å². The third kappa shape index (κ3) is 32.0. The standard InChI is InChI=1S/C6H14S.3HI.V/c1-5-7-6(2,3)4;;;;/h5H2,1-4H3;3*1H;/q;;;;+3/p-3. The van der Waals surface area contributed by atoms with Crippen LogP contribution < -0.4 is 0 Å². The molecule has 0 N–H and O–H groups in total. The molecular formula is C6H14I3SV. The topological polar surface area (TPSA) is 0 Å². The molecule has 0 aromatic rings. The molecule has 0 fully saturated rings. The van der Waals surface area contributed by atoms with Crippen molar-refractivity contribution in [1.82, 2.24) is 0 Å². The normalized spacial score (nSPS) is 10.9. The molecule has 70 valence electrons.